The van der Waals surface area contributed by atoms with Crippen molar-refractivity contribution in [2.24, 2.45) is 0 Å². The highest BCUT2D eigenvalue weighted by Crippen LogP contribution is 2.19. The van der Waals surface area contributed by atoms with Gasteiger partial charge in [0.1, 0.15) is 11.6 Å². The molecule has 2 aromatic carbocycles. The first kappa shape index (κ1) is 20.4. The Labute approximate surface area is 172 Å². The van der Waals surface area contributed by atoms with Gasteiger partial charge >= 0.3 is 0 Å². The third kappa shape index (κ3) is 5.59. The van der Waals surface area contributed by atoms with Gasteiger partial charge in [0, 0.05) is 43.8 Å². The molecular formula is C23H27N5O. The van der Waals surface area contributed by atoms with Crippen molar-refractivity contribution in [1.29, 1.82) is 5.26 Å². The number of amides is 1. The van der Waals surface area contributed by atoms with Gasteiger partial charge in [-0.3, -0.25) is 4.79 Å². The molecule has 29 heavy (non-hydrogen) atoms. The summed E-state index contributed by atoms with van der Waals surface area (Å²) >= 11 is 0. The minimum absolute atomic E-state index is 0.0379. The van der Waals surface area contributed by atoms with Gasteiger partial charge < -0.3 is 20.4 Å². The molecule has 6 heteroatoms. The van der Waals surface area contributed by atoms with E-state index in [2.05, 4.69) is 39.6 Å². The third-order valence-electron chi connectivity index (χ3n) is 5.13. The van der Waals surface area contributed by atoms with Crippen LogP contribution in [0.2, 0.25) is 0 Å². The molecule has 0 spiro atoms. The number of rotatable bonds is 6. The molecule has 1 heterocycles. The van der Waals surface area contributed by atoms with Crippen molar-refractivity contribution in [3.8, 4) is 6.07 Å². The molecule has 0 saturated carbocycles. The molecular weight excluding hydrogens is 362 g/mol. The molecule has 1 amide bonds. The summed E-state index contributed by atoms with van der Waals surface area (Å²) in [4.78, 5) is 17.1. The van der Waals surface area contributed by atoms with E-state index in [4.69, 9.17) is 0 Å². The lowest BCUT2D eigenvalue weighted by Gasteiger charge is -2.34. The first-order valence-electron chi connectivity index (χ1n) is 9.83. The number of nitriles is 1. The minimum Gasteiger partial charge on any atom is -0.369 e. The molecule has 150 valence electrons. The van der Waals surface area contributed by atoms with Crippen LogP contribution in [0.25, 0.3) is 0 Å². The number of likely N-dealkylation sites (N-methyl/N-ethyl adjacent to an activating group) is 1. The van der Waals surface area contributed by atoms with E-state index in [-0.39, 0.29) is 11.6 Å². The fraction of sp³-hybridized carbons (Fsp3) is 0.304. The monoisotopic (exact) mass is 389 g/mol. The van der Waals surface area contributed by atoms with Crippen LogP contribution < -0.4 is 15.5 Å². The number of hydrogen-bond donors (Lipinski definition) is 2. The van der Waals surface area contributed by atoms with Crippen LogP contribution in [0.15, 0.2) is 66.4 Å². The van der Waals surface area contributed by atoms with E-state index >= 15 is 0 Å². The maximum absolute atomic E-state index is 12.4. The second-order valence-electron chi connectivity index (χ2n) is 7.26. The SMILES string of the molecule is CC(NC(=O)/C(C#N)=C\Nc1ccc(N2CCN(C)CC2)cc1)c1ccccc1. The molecule has 0 aliphatic carbocycles. The molecule has 1 aliphatic heterocycles. The zero-order valence-corrected chi connectivity index (χ0v) is 16.9. The lowest BCUT2D eigenvalue weighted by Crippen LogP contribution is -2.44. The molecule has 2 aromatic rings. The lowest BCUT2D eigenvalue weighted by molar-refractivity contribution is -0.117. The summed E-state index contributed by atoms with van der Waals surface area (Å²) in [6, 6.07) is 19.5. The molecule has 1 saturated heterocycles. The van der Waals surface area contributed by atoms with E-state index in [1.165, 1.54) is 11.9 Å². The molecule has 0 radical (unpaired) electrons. The van der Waals surface area contributed by atoms with Gasteiger partial charge in [0.25, 0.3) is 5.91 Å². The summed E-state index contributed by atoms with van der Waals surface area (Å²) in [6.07, 6.45) is 1.46. The van der Waals surface area contributed by atoms with Gasteiger partial charge in [0.15, 0.2) is 0 Å². The largest absolute Gasteiger partial charge is 0.369 e. The van der Waals surface area contributed by atoms with Crippen LogP contribution in [0.5, 0.6) is 0 Å². The smallest absolute Gasteiger partial charge is 0.263 e. The Kier molecular flexibility index (Phi) is 6.88. The van der Waals surface area contributed by atoms with Crippen LogP contribution in [0.3, 0.4) is 0 Å². The Morgan fingerprint density at radius 2 is 1.72 bits per heavy atom. The van der Waals surface area contributed by atoms with Crippen LogP contribution in [0.4, 0.5) is 11.4 Å². The topological polar surface area (TPSA) is 71.4 Å². The van der Waals surface area contributed by atoms with Crippen molar-refractivity contribution in [3.05, 3.63) is 71.9 Å². The van der Waals surface area contributed by atoms with Crippen LogP contribution in [0.1, 0.15) is 18.5 Å². The maximum atomic E-state index is 12.4. The highest BCUT2D eigenvalue weighted by atomic mass is 16.1. The highest BCUT2D eigenvalue weighted by molar-refractivity contribution is 5.97. The number of carbonyl (C=O) groups excluding carboxylic acids is 1. The summed E-state index contributed by atoms with van der Waals surface area (Å²) < 4.78 is 0. The Hall–Kier alpha value is -3.30. The van der Waals surface area contributed by atoms with E-state index in [9.17, 15) is 10.1 Å². The van der Waals surface area contributed by atoms with Gasteiger partial charge in [-0.2, -0.15) is 5.26 Å². The second-order valence-corrected chi connectivity index (χ2v) is 7.26. The predicted octanol–water partition coefficient (Wildman–Crippen LogP) is 3.14. The molecule has 1 fully saturated rings. The molecule has 6 nitrogen and oxygen atoms in total. The van der Waals surface area contributed by atoms with Gasteiger partial charge in [-0.25, -0.2) is 0 Å². The summed E-state index contributed by atoms with van der Waals surface area (Å²) in [5, 5.41) is 15.3. The molecule has 1 aliphatic rings. The van der Waals surface area contributed by atoms with Gasteiger partial charge in [0.05, 0.1) is 6.04 Å². The lowest BCUT2D eigenvalue weighted by atomic mass is 10.1. The molecule has 0 bridgehead atoms. The fourth-order valence-corrected chi connectivity index (χ4v) is 3.24. The minimum atomic E-state index is -0.398. The normalized spacial score (nSPS) is 16.0. The van der Waals surface area contributed by atoms with Crippen molar-refractivity contribution in [3.63, 3.8) is 0 Å². The first-order chi connectivity index (χ1) is 14.1. The Morgan fingerprint density at radius 3 is 2.34 bits per heavy atom. The van der Waals surface area contributed by atoms with Crippen molar-refractivity contribution >= 4 is 17.3 Å². The van der Waals surface area contributed by atoms with Gasteiger partial charge in [-0.05, 0) is 43.8 Å². The van der Waals surface area contributed by atoms with Gasteiger partial charge in [-0.1, -0.05) is 30.3 Å². The molecule has 2 N–H and O–H groups in total. The Morgan fingerprint density at radius 1 is 1.07 bits per heavy atom. The summed E-state index contributed by atoms with van der Waals surface area (Å²) in [5.74, 6) is -0.398. The predicted molar refractivity (Wildman–Crippen MR) is 116 cm³/mol. The number of piperazine rings is 1. The summed E-state index contributed by atoms with van der Waals surface area (Å²) in [7, 11) is 2.14. The summed E-state index contributed by atoms with van der Waals surface area (Å²) in [6.45, 7) is 6.05. The number of carbonyl (C=O) groups is 1. The van der Waals surface area contributed by atoms with E-state index in [1.807, 2.05) is 55.5 Å². The zero-order valence-electron chi connectivity index (χ0n) is 16.9. The number of benzene rings is 2. The molecule has 0 aromatic heterocycles. The number of hydrogen-bond acceptors (Lipinski definition) is 5. The van der Waals surface area contributed by atoms with Crippen LogP contribution in [-0.4, -0.2) is 44.0 Å². The van der Waals surface area contributed by atoms with Gasteiger partial charge in [-0.15, -0.1) is 0 Å². The standard InChI is InChI=1S/C23H27N5O/c1-18(19-6-4-3-5-7-19)26-23(29)20(16-24)17-25-21-8-10-22(11-9-21)28-14-12-27(2)13-15-28/h3-11,17-18,25H,12-15H2,1-2H3,(H,26,29)/b20-17-. The summed E-state index contributed by atoms with van der Waals surface area (Å²) in [5.41, 5.74) is 3.05. The molecule has 3 rings (SSSR count). The van der Waals surface area contributed by atoms with Gasteiger partial charge in [0.2, 0.25) is 0 Å². The zero-order chi connectivity index (χ0) is 20.6. The second kappa shape index (κ2) is 9.76. The first-order valence-corrected chi connectivity index (χ1v) is 9.83. The van der Waals surface area contributed by atoms with Crippen LogP contribution in [-0.2, 0) is 4.79 Å². The van der Waals surface area contributed by atoms with E-state index in [0.717, 1.165) is 37.4 Å². The average molecular weight is 390 g/mol. The quantitative estimate of drug-likeness (QED) is 0.587. The number of nitrogens with zero attached hydrogens (tertiary/aromatic N) is 3. The Balaban J connectivity index is 1.58. The van der Waals surface area contributed by atoms with Crippen LogP contribution >= 0.6 is 0 Å². The highest BCUT2D eigenvalue weighted by Gasteiger charge is 2.15. The van der Waals surface area contributed by atoms with Crippen molar-refractivity contribution < 1.29 is 4.79 Å². The van der Waals surface area contributed by atoms with E-state index in [1.54, 1.807) is 0 Å². The van der Waals surface area contributed by atoms with Crippen molar-refractivity contribution in [1.82, 2.24) is 10.2 Å². The third-order valence-corrected chi connectivity index (χ3v) is 5.13. The fourth-order valence-electron chi connectivity index (χ4n) is 3.24. The Bertz CT molecular complexity index is 878. The van der Waals surface area contributed by atoms with E-state index in [0.29, 0.717) is 0 Å². The van der Waals surface area contributed by atoms with Crippen molar-refractivity contribution in [2.45, 2.75) is 13.0 Å². The van der Waals surface area contributed by atoms with Crippen LogP contribution in [0, 0.1) is 11.3 Å². The van der Waals surface area contributed by atoms with Crippen molar-refractivity contribution in [2.75, 3.05) is 43.4 Å². The number of nitrogens with one attached hydrogen (secondary N) is 2. The van der Waals surface area contributed by atoms with E-state index < -0.39 is 5.91 Å². The molecule has 1 unspecified atom stereocenters. The molecule has 1 atom stereocenters. The maximum Gasteiger partial charge on any atom is 0.263 e. The number of anilines is 2. The average Bonchev–Trinajstić information content (AvgIpc) is 2.76.